The van der Waals surface area contributed by atoms with E-state index in [4.69, 9.17) is 0 Å². The Labute approximate surface area is 139 Å². The van der Waals surface area contributed by atoms with Crippen LogP contribution in [-0.4, -0.2) is 11.7 Å². The lowest BCUT2D eigenvalue weighted by Crippen LogP contribution is -2.22. The molecule has 1 N–H and O–H groups in total. The molecular formula is C19H27N2O2-. The van der Waals surface area contributed by atoms with Crippen LogP contribution < -0.4 is 10.5 Å². The number of carboxylic acids is 1. The van der Waals surface area contributed by atoms with E-state index in [0.29, 0.717) is 5.69 Å². The summed E-state index contributed by atoms with van der Waals surface area (Å²) < 4.78 is 0. The van der Waals surface area contributed by atoms with Crippen LogP contribution in [-0.2, 0) is 0 Å². The van der Waals surface area contributed by atoms with Gasteiger partial charge in [-0.3, -0.25) is 5.43 Å². The quantitative estimate of drug-likeness (QED) is 0.853. The third kappa shape index (κ3) is 6.85. The molecule has 0 atom stereocenters. The lowest BCUT2D eigenvalue weighted by molar-refractivity contribution is -0.255. The number of nitrogens with one attached hydrogen (secondary N) is 1. The van der Waals surface area contributed by atoms with E-state index in [1.807, 2.05) is 6.07 Å². The van der Waals surface area contributed by atoms with E-state index in [2.05, 4.69) is 10.5 Å². The fourth-order valence-electron chi connectivity index (χ4n) is 2.99. The predicted octanol–water partition coefficient (Wildman–Crippen LogP) is 4.12. The van der Waals surface area contributed by atoms with Gasteiger partial charge in [0.15, 0.2) is 0 Å². The van der Waals surface area contributed by atoms with Crippen molar-refractivity contribution >= 4 is 17.4 Å². The molecule has 1 aromatic rings. The van der Waals surface area contributed by atoms with Crippen molar-refractivity contribution < 1.29 is 9.90 Å². The molecule has 1 aromatic carbocycles. The minimum Gasteiger partial charge on any atom is -0.545 e. The van der Waals surface area contributed by atoms with Crippen molar-refractivity contribution in [2.24, 2.45) is 5.10 Å². The van der Waals surface area contributed by atoms with Gasteiger partial charge in [0.25, 0.3) is 0 Å². The van der Waals surface area contributed by atoms with Crippen LogP contribution in [0.3, 0.4) is 0 Å². The SMILES string of the molecule is O=C([O-])c1cccc(NN=C2CCCCCCCCCCC2)c1. The molecule has 0 radical (unpaired) electrons. The van der Waals surface area contributed by atoms with Crippen LogP contribution in [0.5, 0.6) is 0 Å². The lowest BCUT2D eigenvalue weighted by Gasteiger charge is -2.11. The fourth-order valence-corrected chi connectivity index (χ4v) is 2.99. The average molecular weight is 315 g/mol. The van der Waals surface area contributed by atoms with E-state index in [0.717, 1.165) is 12.8 Å². The van der Waals surface area contributed by atoms with Gasteiger partial charge in [0.2, 0.25) is 0 Å². The summed E-state index contributed by atoms with van der Waals surface area (Å²) in [5.74, 6) is -1.16. The Kier molecular flexibility index (Phi) is 7.64. The summed E-state index contributed by atoms with van der Waals surface area (Å²) in [5.41, 5.74) is 5.09. The number of hydrazone groups is 1. The van der Waals surface area contributed by atoms with Gasteiger partial charge in [-0.05, 0) is 43.4 Å². The summed E-state index contributed by atoms with van der Waals surface area (Å²) in [5, 5.41) is 15.4. The number of carboxylic acid groups (broad SMARTS) is 1. The number of rotatable bonds is 3. The molecule has 126 valence electrons. The van der Waals surface area contributed by atoms with Crippen LogP contribution in [0.15, 0.2) is 29.4 Å². The molecule has 0 bridgehead atoms. The molecular weight excluding hydrogens is 288 g/mol. The minimum atomic E-state index is -1.16. The molecule has 0 amide bonds. The molecule has 0 unspecified atom stereocenters. The molecule has 4 nitrogen and oxygen atoms in total. The summed E-state index contributed by atoms with van der Waals surface area (Å²) in [4.78, 5) is 10.9. The molecule has 2 rings (SSSR count). The van der Waals surface area contributed by atoms with Crippen LogP contribution in [0.25, 0.3) is 0 Å². The van der Waals surface area contributed by atoms with Gasteiger partial charge in [0.1, 0.15) is 0 Å². The van der Waals surface area contributed by atoms with Crippen molar-refractivity contribution in [1.29, 1.82) is 0 Å². The lowest BCUT2D eigenvalue weighted by atomic mass is 10.00. The number of benzene rings is 1. The molecule has 1 aliphatic rings. The molecule has 0 spiro atoms. The number of nitrogens with zero attached hydrogens (tertiary/aromatic N) is 1. The first-order valence-corrected chi connectivity index (χ1v) is 8.88. The highest BCUT2D eigenvalue weighted by atomic mass is 16.4. The van der Waals surface area contributed by atoms with Gasteiger partial charge in [0.05, 0.1) is 11.7 Å². The van der Waals surface area contributed by atoms with Crippen molar-refractivity contribution in [2.75, 3.05) is 5.43 Å². The van der Waals surface area contributed by atoms with Gasteiger partial charge in [-0.1, -0.05) is 57.1 Å². The number of hydrogen-bond donors (Lipinski definition) is 1. The normalized spacial score (nSPS) is 17.7. The number of carbonyl (C=O) groups is 1. The number of hydrogen-bond acceptors (Lipinski definition) is 4. The number of anilines is 1. The van der Waals surface area contributed by atoms with Crippen LogP contribution in [0, 0.1) is 0 Å². The highest BCUT2D eigenvalue weighted by Crippen LogP contribution is 2.16. The smallest absolute Gasteiger partial charge is 0.0716 e. The summed E-state index contributed by atoms with van der Waals surface area (Å²) in [6.07, 6.45) is 13.8. The third-order valence-corrected chi connectivity index (χ3v) is 4.37. The highest BCUT2D eigenvalue weighted by molar-refractivity contribution is 5.87. The van der Waals surface area contributed by atoms with E-state index in [9.17, 15) is 9.90 Å². The number of aromatic carboxylic acids is 1. The van der Waals surface area contributed by atoms with Crippen LogP contribution in [0.1, 0.15) is 81.0 Å². The van der Waals surface area contributed by atoms with Crippen molar-refractivity contribution in [1.82, 2.24) is 0 Å². The van der Waals surface area contributed by atoms with Gasteiger partial charge >= 0.3 is 0 Å². The van der Waals surface area contributed by atoms with Gasteiger partial charge in [-0.2, -0.15) is 5.10 Å². The van der Waals surface area contributed by atoms with Crippen molar-refractivity contribution in [3.8, 4) is 0 Å². The van der Waals surface area contributed by atoms with Crippen molar-refractivity contribution in [3.63, 3.8) is 0 Å². The predicted molar refractivity (Wildman–Crippen MR) is 92.6 cm³/mol. The van der Waals surface area contributed by atoms with Crippen LogP contribution in [0.4, 0.5) is 5.69 Å². The molecule has 0 saturated heterocycles. The molecule has 1 aliphatic carbocycles. The molecule has 4 heteroatoms. The highest BCUT2D eigenvalue weighted by Gasteiger charge is 2.03. The van der Waals surface area contributed by atoms with E-state index in [1.54, 1.807) is 12.1 Å². The van der Waals surface area contributed by atoms with Gasteiger partial charge in [-0.15, -0.1) is 0 Å². The maximum Gasteiger partial charge on any atom is 0.0716 e. The summed E-state index contributed by atoms with van der Waals surface area (Å²) >= 11 is 0. The Morgan fingerprint density at radius 3 is 2.04 bits per heavy atom. The fraction of sp³-hybridized carbons (Fsp3) is 0.579. The largest absolute Gasteiger partial charge is 0.545 e. The standard InChI is InChI=1S/C19H28N2O2/c22-19(23)16-11-10-14-18(15-16)21-20-17-12-8-6-4-2-1-3-5-7-9-13-17/h10-11,14-15,21H,1-9,12-13H2,(H,22,23)/p-1. The first-order valence-electron chi connectivity index (χ1n) is 8.88. The van der Waals surface area contributed by atoms with Crippen LogP contribution >= 0.6 is 0 Å². The second-order valence-electron chi connectivity index (χ2n) is 6.34. The Balaban J connectivity index is 1.93. The maximum atomic E-state index is 10.9. The van der Waals surface area contributed by atoms with Crippen molar-refractivity contribution in [3.05, 3.63) is 29.8 Å². The first kappa shape index (κ1) is 17.5. The van der Waals surface area contributed by atoms with E-state index < -0.39 is 5.97 Å². The first-order chi connectivity index (χ1) is 11.3. The van der Waals surface area contributed by atoms with E-state index in [-0.39, 0.29) is 5.56 Å². The molecule has 0 heterocycles. The Hall–Kier alpha value is -1.84. The average Bonchev–Trinajstić information content (AvgIpc) is 2.54. The molecule has 1 fully saturated rings. The monoisotopic (exact) mass is 315 g/mol. The third-order valence-electron chi connectivity index (χ3n) is 4.37. The Bertz CT molecular complexity index is 512. The summed E-state index contributed by atoms with van der Waals surface area (Å²) in [6, 6.07) is 6.62. The van der Waals surface area contributed by atoms with E-state index >= 15 is 0 Å². The molecule has 0 aromatic heterocycles. The second kappa shape index (κ2) is 10.0. The second-order valence-corrected chi connectivity index (χ2v) is 6.34. The van der Waals surface area contributed by atoms with Gasteiger partial charge < -0.3 is 9.90 Å². The molecule has 0 aliphatic heterocycles. The zero-order valence-corrected chi connectivity index (χ0v) is 13.9. The van der Waals surface area contributed by atoms with E-state index in [1.165, 1.54) is 69.6 Å². The maximum absolute atomic E-state index is 10.9. The molecule has 23 heavy (non-hydrogen) atoms. The summed E-state index contributed by atoms with van der Waals surface area (Å²) in [7, 11) is 0. The van der Waals surface area contributed by atoms with Gasteiger partial charge in [0, 0.05) is 5.71 Å². The van der Waals surface area contributed by atoms with Gasteiger partial charge in [-0.25, -0.2) is 0 Å². The van der Waals surface area contributed by atoms with Crippen LogP contribution in [0.2, 0.25) is 0 Å². The molecule has 1 saturated carbocycles. The Morgan fingerprint density at radius 1 is 0.913 bits per heavy atom. The minimum absolute atomic E-state index is 0.175. The topological polar surface area (TPSA) is 64.5 Å². The Morgan fingerprint density at radius 2 is 1.48 bits per heavy atom. The number of carbonyl (C=O) groups excluding carboxylic acids is 1. The zero-order chi connectivity index (χ0) is 16.3. The van der Waals surface area contributed by atoms with Crippen molar-refractivity contribution in [2.45, 2.75) is 70.6 Å². The summed E-state index contributed by atoms with van der Waals surface area (Å²) in [6.45, 7) is 0. The zero-order valence-electron chi connectivity index (χ0n) is 13.9.